The second-order valence-electron chi connectivity index (χ2n) is 3.67. The van der Waals surface area contributed by atoms with Crippen molar-refractivity contribution in [3.05, 3.63) is 0 Å². The SMILES string of the molecule is CNCC(F)(F)CCCC(C)C. The van der Waals surface area contributed by atoms with E-state index in [0.717, 1.165) is 6.42 Å². The molecule has 0 aromatic heterocycles. The summed E-state index contributed by atoms with van der Waals surface area (Å²) in [6.45, 7) is 3.90. The quantitative estimate of drug-likeness (QED) is 0.661. The van der Waals surface area contributed by atoms with Crippen LogP contribution in [0, 0.1) is 5.92 Å². The monoisotopic (exact) mass is 179 g/mol. The van der Waals surface area contributed by atoms with Crippen molar-refractivity contribution in [1.29, 1.82) is 0 Å². The van der Waals surface area contributed by atoms with E-state index in [1.807, 2.05) is 0 Å². The van der Waals surface area contributed by atoms with Gasteiger partial charge in [0.25, 0.3) is 5.92 Å². The molecule has 0 aliphatic carbocycles. The van der Waals surface area contributed by atoms with Crippen LogP contribution in [0.2, 0.25) is 0 Å². The fraction of sp³-hybridized carbons (Fsp3) is 1.00. The van der Waals surface area contributed by atoms with Crippen molar-refractivity contribution in [2.45, 2.75) is 39.0 Å². The molecule has 0 heterocycles. The van der Waals surface area contributed by atoms with Gasteiger partial charge in [0.2, 0.25) is 0 Å². The molecule has 0 aliphatic rings. The standard InChI is InChI=1S/C9H19F2N/c1-8(2)5-4-6-9(10,11)7-12-3/h8,12H,4-7H2,1-3H3. The van der Waals surface area contributed by atoms with Gasteiger partial charge in [-0.2, -0.15) is 0 Å². The molecule has 0 bridgehead atoms. The highest BCUT2D eigenvalue weighted by Crippen LogP contribution is 2.21. The fourth-order valence-corrected chi connectivity index (χ4v) is 1.12. The van der Waals surface area contributed by atoms with Crippen molar-refractivity contribution in [1.82, 2.24) is 5.32 Å². The Hall–Kier alpha value is -0.180. The van der Waals surface area contributed by atoms with Crippen LogP contribution in [0.4, 0.5) is 8.78 Å². The maximum absolute atomic E-state index is 12.8. The molecule has 0 aliphatic heterocycles. The van der Waals surface area contributed by atoms with Gasteiger partial charge in [0.05, 0.1) is 6.54 Å². The van der Waals surface area contributed by atoms with E-state index in [0.29, 0.717) is 12.3 Å². The molecule has 1 N–H and O–H groups in total. The first kappa shape index (κ1) is 11.8. The van der Waals surface area contributed by atoms with Gasteiger partial charge in [-0.15, -0.1) is 0 Å². The van der Waals surface area contributed by atoms with Gasteiger partial charge in [-0.3, -0.25) is 0 Å². The summed E-state index contributed by atoms with van der Waals surface area (Å²) >= 11 is 0. The van der Waals surface area contributed by atoms with E-state index in [-0.39, 0.29) is 13.0 Å². The molecule has 0 unspecified atom stereocenters. The third-order valence-electron chi connectivity index (χ3n) is 1.76. The largest absolute Gasteiger partial charge is 0.314 e. The van der Waals surface area contributed by atoms with Crippen LogP contribution in [0.5, 0.6) is 0 Å². The summed E-state index contributed by atoms with van der Waals surface area (Å²) in [6.07, 6.45) is 1.51. The minimum absolute atomic E-state index is 0.00597. The summed E-state index contributed by atoms with van der Waals surface area (Å²) in [5.74, 6) is -2.00. The highest BCUT2D eigenvalue weighted by molar-refractivity contribution is 4.68. The van der Waals surface area contributed by atoms with Crippen LogP contribution in [0.15, 0.2) is 0 Å². The lowest BCUT2D eigenvalue weighted by atomic mass is 10.0. The lowest BCUT2D eigenvalue weighted by Crippen LogP contribution is -2.30. The third-order valence-corrected chi connectivity index (χ3v) is 1.76. The average molecular weight is 179 g/mol. The smallest absolute Gasteiger partial charge is 0.260 e. The molecule has 0 amide bonds. The molecule has 0 aromatic carbocycles. The molecule has 74 valence electrons. The normalized spacial score (nSPS) is 12.5. The van der Waals surface area contributed by atoms with Crippen LogP contribution in [0.3, 0.4) is 0 Å². The van der Waals surface area contributed by atoms with Gasteiger partial charge in [0.1, 0.15) is 0 Å². The number of alkyl halides is 2. The van der Waals surface area contributed by atoms with E-state index in [1.54, 1.807) is 7.05 Å². The minimum atomic E-state index is -2.52. The van der Waals surface area contributed by atoms with E-state index in [1.165, 1.54) is 0 Å². The maximum atomic E-state index is 12.8. The summed E-state index contributed by atoms with van der Waals surface area (Å²) in [4.78, 5) is 0. The highest BCUT2D eigenvalue weighted by Gasteiger charge is 2.26. The molecule has 0 atom stereocenters. The molecule has 12 heavy (non-hydrogen) atoms. The van der Waals surface area contributed by atoms with Crippen LogP contribution < -0.4 is 5.32 Å². The van der Waals surface area contributed by atoms with Crippen LogP contribution in [-0.4, -0.2) is 19.5 Å². The van der Waals surface area contributed by atoms with Gasteiger partial charge in [-0.25, -0.2) is 8.78 Å². The van der Waals surface area contributed by atoms with Gasteiger partial charge in [-0.1, -0.05) is 20.3 Å². The zero-order valence-corrected chi connectivity index (χ0v) is 8.16. The number of halogens is 2. The first-order valence-corrected chi connectivity index (χ1v) is 4.50. The van der Waals surface area contributed by atoms with Gasteiger partial charge in [0.15, 0.2) is 0 Å². The average Bonchev–Trinajstić information content (AvgIpc) is 1.85. The number of hydrogen-bond acceptors (Lipinski definition) is 1. The Labute approximate surface area is 73.5 Å². The Morgan fingerprint density at radius 2 is 1.92 bits per heavy atom. The van der Waals surface area contributed by atoms with Gasteiger partial charge in [0, 0.05) is 6.42 Å². The van der Waals surface area contributed by atoms with E-state index in [2.05, 4.69) is 19.2 Å². The Morgan fingerprint density at radius 3 is 2.33 bits per heavy atom. The summed E-state index contributed by atoms with van der Waals surface area (Å²) < 4.78 is 25.6. The van der Waals surface area contributed by atoms with Crippen molar-refractivity contribution in [3.63, 3.8) is 0 Å². The summed E-state index contributed by atoms with van der Waals surface area (Å²) in [5.41, 5.74) is 0. The predicted octanol–water partition coefficient (Wildman–Crippen LogP) is 2.67. The van der Waals surface area contributed by atoms with Gasteiger partial charge in [-0.05, 0) is 19.4 Å². The Balaban J connectivity index is 3.46. The predicted molar refractivity (Wildman–Crippen MR) is 47.6 cm³/mol. The Kier molecular flexibility index (Phi) is 5.38. The van der Waals surface area contributed by atoms with E-state index < -0.39 is 5.92 Å². The van der Waals surface area contributed by atoms with Crippen LogP contribution in [0.25, 0.3) is 0 Å². The molecule has 0 rings (SSSR count). The van der Waals surface area contributed by atoms with Crippen molar-refractivity contribution >= 4 is 0 Å². The first-order chi connectivity index (χ1) is 5.48. The van der Waals surface area contributed by atoms with E-state index in [9.17, 15) is 8.78 Å². The molecule has 0 radical (unpaired) electrons. The van der Waals surface area contributed by atoms with Gasteiger partial charge < -0.3 is 5.32 Å². The summed E-state index contributed by atoms with van der Waals surface area (Å²) in [5, 5.41) is 2.50. The summed E-state index contributed by atoms with van der Waals surface area (Å²) in [6, 6.07) is 0. The van der Waals surface area contributed by atoms with E-state index in [4.69, 9.17) is 0 Å². The Morgan fingerprint density at radius 1 is 1.33 bits per heavy atom. The number of rotatable bonds is 6. The topological polar surface area (TPSA) is 12.0 Å². The second kappa shape index (κ2) is 5.46. The molecule has 0 aromatic rings. The highest BCUT2D eigenvalue weighted by atomic mass is 19.3. The number of nitrogens with one attached hydrogen (secondary N) is 1. The maximum Gasteiger partial charge on any atom is 0.260 e. The van der Waals surface area contributed by atoms with Crippen molar-refractivity contribution < 1.29 is 8.78 Å². The summed E-state index contributed by atoms with van der Waals surface area (Å²) in [7, 11) is 1.55. The van der Waals surface area contributed by atoms with Crippen LogP contribution >= 0.6 is 0 Å². The lowest BCUT2D eigenvalue weighted by molar-refractivity contribution is -0.00755. The van der Waals surface area contributed by atoms with Crippen LogP contribution in [0.1, 0.15) is 33.1 Å². The zero-order chi connectivity index (χ0) is 9.61. The van der Waals surface area contributed by atoms with Crippen molar-refractivity contribution in [2.75, 3.05) is 13.6 Å². The molecule has 0 saturated carbocycles. The third kappa shape index (κ3) is 6.53. The lowest BCUT2D eigenvalue weighted by Gasteiger charge is -2.15. The first-order valence-electron chi connectivity index (χ1n) is 4.50. The molecular formula is C9H19F2N. The minimum Gasteiger partial charge on any atom is -0.314 e. The van der Waals surface area contributed by atoms with Gasteiger partial charge >= 0.3 is 0 Å². The van der Waals surface area contributed by atoms with Crippen LogP contribution in [-0.2, 0) is 0 Å². The molecule has 0 spiro atoms. The van der Waals surface area contributed by atoms with Crippen molar-refractivity contribution in [2.24, 2.45) is 5.92 Å². The molecule has 3 heteroatoms. The Bertz CT molecular complexity index is 113. The molecular weight excluding hydrogens is 160 g/mol. The zero-order valence-electron chi connectivity index (χ0n) is 8.16. The molecule has 1 nitrogen and oxygen atoms in total. The molecule has 0 fully saturated rings. The number of hydrogen-bond donors (Lipinski definition) is 1. The molecule has 0 saturated heterocycles. The fourth-order valence-electron chi connectivity index (χ4n) is 1.12. The second-order valence-corrected chi connectivity index (χ2v) is 3.67. The van der Waals surface area contributed by atoms with E-state index >= 15 is 0 Å². The van der Waals surface area contributed by atoms with Crippen molar-refractivity contribution in [3.8, 4) is 0 Å².